The van der Waals surface area contributed by atoms with Crippen LogP contribution in [0.4, 0.5) is 0 Å². The van der Waals surface area contributed by atoms with Crippen LogP contribution in [0.3, 0.4) is 0 Å². The summed E-state index contributed by atoms with van der Waals surface area (Å²) in [7, 11) is 0. The Labute approximate surface area is 83.4 Å². The van der Waals surface area contributed by atoms with Crippen LogP contribution >= 0.6 is 0 Å². The zero-order chi connectivity index (χ0) is 9.68. The molecule has 0 amide bonds. The van der Waals surface area contributed by atoms with Crippen molar-refractivity contribution in [3.8, 4) is 0 Å². The van der Waals surface area contributed by atoms with Gasteiger partial charge in [0.25, 0.3) is 0 Å². The molecule has 0 nitrogen and oxygen atoms in total. The average Bonchev–Trinajstić information content (AvgIpc) is 2.12. The first kappa shape index (κ1) is 10.8. The Morgan fingerprint density at radius 3 is 2.62 bits per heavy atom. The van der Waals surface area contributed by atoms with Gasteiger partial charge < -0.3 is 0 Å². The summed E-state index contributed by atoms with van der Waals surface area (Å²) in [4.78, 5) is 0. The molecule has 2 atom stereocenters. The van der Waals surface area contributed by atoms with Gasteiger partial charge in [-0.25, -0.2) is 0 Å². The summed E-state index contributed by atoms with van der Waals surface area (Å²) in [6.45, 7) is 7.04. The molecule has 0 bridgehead atoms. The van der Waals surface area contributed by atoms with Crippen LogP contribution in [0.1, 0.15) is 59.3 Å². The van der Waals surface area contributed by atoms with Crippen LogP contribution in [-0.2, 0) is 0 Å². The van der Waals surface area contributed by atoms with Gasteiger partial charge in [0, 0.05) is 0 Å². The molecule has 76 valence electrons. The molecule has 0 fully saturated rings. The highest BCUT2D eigenvalue weighted by Crippen LogP contribution is 2.29. The first-order chi connectivity index (χ1) is 6.27. The summed E-state index contributed by atoms with van der Waals surface area (Å²) in [5, 5.41) is 0. The van der Waals surface area contributed by atoms with Crippen LogP contribution in [-0.4, -0.2) is 0 Å². The van der Waals surface area contributed by atoms with Crippen molar-refractivity contribution in [2.45, 2.75) is 59.3 Å². The average molecular weight is 180 g/mol. The molecule has 0 heteroatoms. The molecule has 0 aliphatic heterocycles. The quantitative estimate of drug-likeness (QED) is 0.546. The molecular weight excluding hydrogens is 156 g/mol. The van der Waals surface area contributed by atoms with Gasteiger partial charge in [-0.1, -0.05) is 38.8 Å². The van der Waals surface area contributed by atoms with E-state index in [0.29, 0.717) is 0 Å². The van der Waals surface area contributed by atoms with Crippen molar-refractivity contribution in [3.05, 3.63) is 11.6 Å². The number of hydrogen-bond acceptors (Lipinski definition) is 0. The SMILES string of the molecule is CCC1=CCCC(C)CCC1CC. The lowest BCUT2D eigenvalue weighted by Gasteiger charge is -2.23. The third kappa shape index (κ3) is 3.17. The van der Waals surface area contributed by atoms with Crippen molar-refractivity contribution in [1.82, 2.24) is 0 Å². The number of allylic oxidation sites excluding steroid dienone is 2. The van der Waals surface area contributed by atoms with Gasteiger partial charge in [-0.2, -0.15) is 0 Å². The Bertz CT molecular complexity index is 167. The van der Waals surface area contributed by atoms with E-state index in [4.69, 9.17) is 0 Å². The molecule has 0 aromatic rings. The molecular formula is C13H24. The minimum atomic E-state index is 0.896. The molecule has 0 aromatic carbocycles. The third-order valence-corrected chi connectivity index (χ3v) is 3.50. The molecule has 0 saturated carbocycles. The van der Waals surface area contributed by atoms with Gasteiger partial charge in [-0.15, -0.1) is 0 Å². The van der Waals surface area contributed by atoms with Gasteiger partial charge in [-0.3, -0.25) is 0 Å². The Morgan fingerprint density at radius 2 is 2.00 bits per heavy atom. The molecule has 13 heavy (non-hydrogen) atoms. The van der Waals surface area contributed by atoms with Crippen molar-refractivity contribution in [2.75, 3.05) is 0 Å². The molecule has 0 N–H and O–H groups in total. The third-order valence-electron chi connectivity index (χ3n) is 3.50. The highest BCUT2D eigenvalue weighted by atomic mass is 14.2. The summed E-state index contributed by atoms with van der Waals surface area (Å²) in [6, 6.07) is 0. The molecule has 1 rings (SSSR count). The maximum atomic E-state index is 2.52. The van der Waals surface area contributed by atoms with Gasteiger partial charge in [0.15, 0.2) is 0 Å². The molecule has 2 unspecified atom stereocenters. The molecule has 1 aliphatic carbocycles. The van der Waals surface area contributed by atoms with E-state index in [2.05, 4.69) is 26.8 Å². The summed E-state index contributed by atoms with van der Waals surface area (Å²) in [5.74, 6) is 1.84. The minimum absolute atomic E-state index is 0.896. The second-order valence-corrected chi connectivity index (χ2v) is 4.50. The fourth-order valence-electron chi connectivity index (χ4n) is 2.43. The second-order valence-electron chi connectivity index (χ2n) is 4.50. The van der Waals surface area contributed by atoms with E-state index in [1.54, 1.807) is 5.57 Å². The smallest absolute Gasteiger partial charge is 0.0206 e. The number of rotatable bonds is 2. The van der Waals surface area contributed by atoms with E-state index in [1.165, 1.54) is 38.5 Å². The van der Waals surface area contributed by atoms with Crippen LogP contribution in [0.15, 0.2) is 11.6 Å². The van der Waals surface area contributed by atoms with Crippen molar-refractivity contribution < 1.29 is 0 Å². The second kappa shape index (κ2) is 5.47. The monoisotopic (exact) mass is 180 g/mol. The predicted octanol–water partition coefficient (Wildman–Crippen LogP) is 4.56. The first-order valence-corrected chi connectivity index (χ1v) is 5.96. The van der Waals surface area contributed by atoms with Crippen molar-refractivity contribution in [3.63, 3.8) is 0 Å². The van der Waals surface area contributed by atoms with E-state index >= 15 is 0 Å². The lowest BCUT2D eigenvalue weighted by Crippen LogP contribution is -2.08. The molecule has 0 radical (unpaired) electrons. The summed E-state index contributed by atoms with van der Waals surface area (Å²) in [6.07, 6.45) is 10.7. The van der Waals surface area contributed by atoms with E-state index in [9.17, 15) is 0 Å². The van der Waals surface area contributed by atoms with Crippen LogP contribution in [0.5, 0.6) is 0 Å². The zero-order valence-electron chi connectivity index (χ0n) is 9.47. The fourth-order valence-corrected chi connectivity index (χ4v) is 2.43. The normalized spacial score (nSPS) is 30.5. The standard InChI is InChI=1S/C13H24/c1-4-12-8-6-7-11(3)9-10-13(12)5-2/h8,11,13H,4-7,9-10H2,1-3H3. The van der Waals surface area contributed by atoms with Crippen molar-refractivity contribution in [2.24, 2.45) is 11.8 Å². The molecule has 1 aliphatic rings. The maximum Gasteiger partial charge on any atom is -0.0206 e. The van der Waals surface area contributed by atoms with Crippen LogP contribution in [0.25, 0.3) is 0 Å². The van der Waals surface area contributed by atoms with E-state index in [-0.39, 0.29) is 0 Å². The van der Waals surface area contributed by atoms with E-state index in [0.717, 1.165) is 11.8 Å². The Balaban J connectivity index is 2.61. The first-order valence-electron chi connectivity index (χ1n) is 5.96. The van der Waals surface area contributed by atoms with Gasteiger partial charge in [0.05, 0.1) is 0 Å². The van der Waals surface area contributed by atoms with Gasteiger partial charge in [0.2, 0.25) is 0 Å². The summed E-state index contributed by atoms with van der Waals surface area (Å²) >= 11 is 0. The molecule has 0 spiro atoms. The summed E-state index contributed by atoms with van der Waals surface area (Å²) < 4.78 is 0. The maximum absolute atomic E-state index is 2.52. The zero-order valence-corrected chi connectivity index (χ0v) is 9.47. The lowest BCUT2D eigenvalue weighted by atomic mass is 9.83. The van der Waals surface area contributed by atoms with E-state index in [1.807, 2.05) is 0 Å². The largest absolute Gasteiger partial charge is 0.0851 e. The van der Waals surface area contributed by atoms with Crippen molar-refractivity contribution in [1.29, 1.82) is 0 Å². The molecule has 0 heterocycles. The van der Waals surface area contributed by atoms with Crippen LogP contribution in [0.2, 0.25) is 0 Å². The highest BCUT2D eigenvalue weighted by molar-refractivity contribution is 5.07. The van der Waals surface area contributed by atoms with Crippen LogP contribution in [0, 0.1) is 11.8 Å². The van der Waals surface area contributed by atoms with Gasteiger partial charge in [-0.05, 0) is 43.9 Å². The molecule has 0 saturated heterocycles. The highest BCUT2D eigenvalue weighted by Gasteiger charge is 2.14. The van der Waals surface area contributed by atoms with Crippen LogP contribution < -0.4 is 0 Å². The lowest BCUT2D eigenvalue weighted by molar-refractivity contribution is 0.401. The fraction of sp³-hybridized carbons (Fsp3) is 0.846. The number of hydrogen-bond donors (Lipinski definition) is 0. The minimum Gasteiger partial charge on any atom is -0.0851 e. The topological polar surface area (TPSA) is 0 Å². The Kier molecular flexibility index (Phi) is 4.55. The summed E-state index contributed by atoms with van der Waals surface area (Å²) in [5.41, 5.74) is 1.73. The predicted molar refractivity (Wildman–Crippen MR) is 59.8 cm³/mol. The van der Waals surface area contributed by atoms with E-state index < -0.39 is 0 Å². The Morgan fingerprint density at radius 1 is 1.23 bits per heavy atom. The Hall–Kier alpha value is -0.260. The van der Waals surface area contributed by atoms with Gasteiger partial charge >= 0.3 is 0 Å². The van der Waals surface area contributed by atoms with Crippen molar-refractivity contribution >= 4 is 0 Å². The molecule has 0 aromatic heterocycles. The van der Waals surface area contributed by atoms with Gasteiger partial charge in [0.1, 0.15) is 0 Å².